The van der Waals surface area contributed by atoms with Crippen LogP contribution in [0, 0.1) is 5.92 Å². The van der Waals surface area contributed by atoms with E-state index in [1.54, 1.807) is 12.5 Å². The quantitative estimate of drug-likeness (QED) is 0.413. The van der Waals surface area contributed by atoms with Crippen LogP contribution in [-0.4, -0.2) is 28.8 Å². The number of rotatable bonds is 7. The van der Waals surface area contributed by atoms with Gasteiger partial charge in [-0.3, -0.25) is 4.68 Å². The Labute approximate surface area is 148 Å². The van der Waals surface area contributed by atoms with Crippen LogP contribution in [0.2, 0.25) is 0 Å². The van der Waals surface area contributed by atoms with Crippen molar-refractivity contribution < 1.29 is 4.42 Å². The van der Waals surface area contributed by atoms with Crippen molar-refractivity contribution in [3.8, 4) is 0 Å². The molecule has 0 saturated heterocycles. The number of guanidine groups is 1. The van der Waals surface area contributed by atoms with E-state index in [4.69, 9.17) is 4.42 Å². The highest BCUT2D eigenvalue weighted by Crippen LogP contribution is 2.01. The summed E-state index contributed by atoms with van der Waals surface area (Å²) in [6.07, 6.45) is 5.44. The Balaban J connectivity index is 0.00000242. The van der Waals surface area contributed by atoms with Gasteiger partial charge >= 0.3 is 0 Å². The van der Waals surface area contributed by atoms with E-state index >= 15 is 0 Å². The van der Waals surface area contributed by atoms with Gasteiger partial charge in [-0.05, 0) is 31.0 Å². The smallest absolute Gasteiger partial charge is 0.191 e. The Hall–Kier alpha value is -1.51. The first-order chi connectivity index (χ1) is 10.3. The lowest BCUT2D eigenvalue weighted by Gasteiger charge is -2.15. The van der Waals surface area contributed by atoms with Gasteiger partial charge in [0.2, 0.25) is 0 Å². The molecular weight excluding hydrogens is 393 g/mol. The molecule has 1 unspecified atom stereocenters. The summed E-state index contributed by atoms with van der Waals surface area (Å²) in [5.74, 6) is 2.12. The molecule has 2 N–H and O–H groups in total. The minimum absolute atomic E-state index is 0. The predicted octanol–water partition coefficient (Wildman–Crippen LogP) is 2.49. The molecule has 1 atom stereocenters. The van der Waals surface area contributed by atoms with Crippen molar-refractivity contribution in [3.05, 3.63) is 42.6 Å². The summed E-state index contributed by atoms with van der Waals surface area (Å²) in [5, 5.41) is 10.8. The van der Waals surface area contributed by atoms with Crippen molar-refractivity contribution in [3.63, 3.8) is 0 Å². The van der Waals surface area contributed by atoms with E-state index in [1.807, 2.05) is 29.1 Å². The van der Waals surface area contributed by atoms with E-state index in [0.29, 0.717) is 12.5 Å². The normalized spacial score (nSPS) is 12.5. The summed E-state index contributed by atoms with van der Waals surface area (Å²) in [6.45, 7) is 7.33. The Morgan fingerprint density at radius 1 is 1.41 bits per heavy atom. The van der Waals surface area contributed by atoms with Crippen LogP contribution in [-0.2, 0) is 13.1 Å². The maximum absolute atomic E-state index is 5.28. The Bertz CT molecular complexity index is 524. The summed E-state index contributed by atoms with van der Waals surface area (Å²) in [4.78, 5) is 4.50. The number of hydrogen-bond acceptors (Lipinski definition) is 3. The summed E-state index contributed by atoms with van der Waals surface area (Å²) in [7, 11) is 0. The lowest BCUT2D eigenvalue weighted by Crippen LogP contribution is -2.40. The highest BCUT2D eigenvalue weighted by atomic mass is 127. The standard InChI is InChI=1S/C15H23N5O.HI/c1-3-16-15(18-11-14-6-4-9-21-14)17-10-13(2)12-20-8-5-7-19-20;/h4-9,13H,3,10-12H2,1-2H3,(H2,16,17,18);1H. The van der Waals surface area contributed by atoms with Crippen molar-refractivity contribution in [2.24, 2.45) is 10.9 Å². The van der Waals surface area contributed by atoms with Crippen molar-refractivity contribution >= 4 is 29.9 Å². The molecule has 0 fully saturated rings. The summed E-state index contributed by atoms with van der Waals surface area (Å²) in [5.41, 5.74) is 0. The minimum atomic E-state index is 0. The lowest BCUT2D eigenvalue weighted by atomic mass is 10.2. The number of hydrogen-bond donors (Lipinski definition) is 2. The van der Waals surface area contributed by atoms with Gasteiger partial charge in [0.25, 0.3) is 0 Å². The number of halogens is 1. The molecule has 2 heterocycles. The fraction of sp³-hybridized carbons (Fsp3) is 0.467. The third-order valence-corrected chi connectivity index (χ3v) is 2.99. The third kappa shape index (κ3) is 6.50. The second-order valence-electron chi connectivity index (χ2n) is 4.99. The van der Waals surface area contributed by atoms with Crippen molar-refractivity contribution in [2.75, 3.05) is 13.1 Å². The molecule has 0 aliphatic heterocycles. The maximum Gasteiger partial charge on any atom is 0.191 e. The van der Waals surface area contributed by atoms with Gasteiger partial charge < -0.3 is 15.1 Å². The van der Waals surface area contributed by atoms with Crippen LogP contribution in [0.1, 0.15) is 19.6 Å². The highest BCUT2D eigenvalue weighted by Gasteiger charge is 2.05. The van der Waals surface area contributed by atoms with Crippen molar-refractivity contribution in [1.82, 2.24) is 20.4 Å². The molecule has 6 nitrogen and oxygen atoms in total. The van der Waals surface area contributed by atoms with Crippen LogP contribution in [0.4, 0.5) is 0 Å². The van der Waals surface area contributed by atoms with Gasteiger partial charge in [0.1, 0.15) is 12.3 Å². The van der Waals surface area contributed by atoms with E-state index in [2.05, 4.69) is 34.6 Å². The van der Waals surface area contributed by atoms with E-state index < -0.39 is 0 Å². The number of aromatic nitrogens is 2. The second kappa shape index (κ2) is 10.3. The van der Waals surface area contributed by atoms with Crippen LogP contribution >= 0.6 is 24.0 Å². The van der Waals surface area contributed by atoms with Crippen molar-refractivity contribution in [2.45, 2.75) is 26.9 Å². The number of nitrogens with one attached hydrogen (secondary N) is 2. The summed E-state index contributed by atoms with van der Waals surface area (Å²) in [6, 6.07) is 5.74. The number of furan rings is 1. The fourth-order valence-electron chi connectivity index (χ4n) is 1.96. The topological polar surface area (TPSA) is 67.4 Å². The van der Waals surface area contributed by atoms with E-state index in [-0.39, 0.29) is 24.0 Å². The first-order valence-corrected chi connectivity index (χ1v) is 7.30. The minimum Gasteiger partial charge on any atom is -0.467 e. The average molecular weight is 417 g/mol. The molecule has 0 amide bonds. The molecule has 0 aliphatic rings. The van der Waals surface area contributed by atoms with Crippen LogP contribution in [0.3, 0.4) is 0 Å². The number of nitrogens with zero attached hydrogens (tertiary/aromatic N) is 3. The molecule has 0 spiro atoms. The first kappa shape index (κ1) is 18.5. The molecule has 0 aromatic carbocycles. The average Bonchev–Trinajstić information content (AvgIpc) is 3.15. The SMILES string of the molecule is CCNC(=NCc1ccco1)NCC(C)Cn1cccn1.I. The Morgan fingerprint density at radius 2 is 2.27 bits per heavy atom. The van der Waals surface area contributed by atoms with Gasteiger partial charge in [-0.2, -0.15) is 5.10 Å². The highest BCUT2D eigenvalue weighted by molar-refractivity contribution is 14.0. The van der Waals surface area contributed by atoms with Gasteiger partial charge in [-0.15, -0.1) is 24.0 Å². The van der Waals surface area contributed by atoms with Gasteiger partial charge in [-0.1, -0.05) is 6.92 Å². The summed E-state index contributed by atoms with van der Waals surface area (Å²) >= 11 is 0. The molecule has 7 heteroatoms. The molecular formula is C15H24IN5O. The first-order valence-electron chi connectivity index (χ1n) is 7.30. The van der Waals surface area contributed by atoms with Crippen molar-refractivity contribution in [1.29, 1.82) is 0 Å². The van der Waals surface area contributed by atoms with Crippen LogP contribution < -0.4 is 10.6 Å². The van der Waals surface area contributed by atoms with Gasteiger partial charge in [0, 0.05) is 32.0 Å². The zero-order chi connectivity index (χ0) is 14.9. The fourth-order valence-corrected chi connectivity index (χ4v) is 1.96. The van der Waals surface area contributed by atoms with Crippen LogP contribution in [0.25, 0.3) is 0 Å². The molecule has 0 bridgehead atoms. The lowest BCUT2D eigenvalue weighted by molar-refractivity contribution is 0.443. The molecule has 0 aliphatic carbocycles. The Kier molecular flexibility index (Phi) is 8.64. The Morgan fingerprint density at radius 3 is 2.91 bits per heavy atom. The van der Waals surface area contributed by atoms with Crippen LogP contribution in [0.15, 0.2) is 46.3 Å². The summed E-state index contributed by atoms with van der Waals surface area (Å²) < 4.78 is 7.23. The van der Waals surface area contributed by atoms with Gasteiger partial charge in [0.15, 0.2) is 5.96 Å². The van der Waals surface area contributed by atoms with E-state index in [9.17, 15) is 0 Å². The van der Waals surface area contributed by atoms with Gasteiger partial charge in [-0.25, -0.2) is 4.99 Å². The molecule has 2 rings (SSSR count). The van der Waals surface area contributed by atoms with E-state index in [0.717, 1.165) is 31.4 Å². The largest absolute Gasteiger partial charge is 0.467 e. The van der Waals surface area contributed by atoms with E-state index in [1.165, 1.54) is 0 Å². The predicted molar refractivity (Wildman–Crippen MR) is 98.3 cm³/mol. The molecule has 2 aromatic rings. The zero-order valence-electron chi connectivity index (χ0n) is 13.0. The molecule has 0 radical (unpaired) electrons. The second-order valence-corrected chi connectivity index (χ2v) is 4.99. The third-order valence-electron chi connectivity index (χ3n) is 2.99. The molecule has 0 saturated carbocycles. The van der Waals surface area contributed by atoms with Gasteiger partial charge in [0.05, 0.1) is 6.26 Å². The molecule has 2 aromatic heterocycles. The monoisotopic (exact) mass is 417 g/mol. The molecule has 122 valence electrons. The zero-order valence-corrected chi connectivity index (χ0v) is 15.4. The van der Waals surface area contributed by atoms with Crippen LogP contribution in [0.5, 0.6) is 0 Å². The maximum atomic E-state index is 5.28. The number of aliphatic imine (C=N–C) groups is 1. The molecule has 22 heavy (non-hydrogen) atoms.